The number of nitrogens with one attached hydrogen (secondary N) is 2. The summed E-state index contributed by atoms with van der Waals surface area (Å²) in [6, 6.07) is 1.70. The molecule has 4 N–H and O–H groups in total. The summed E-state index contributed by atoms with van der Waals surface area (Å²) in [6.07, 6.45) is 3.13. The smallest absolute Gasteiger partial charge is 0.410 e. The highest BCUT2D eigenvalue weighted by molar-refractivity contribution is 7.90. The van der Waals surface area contributed by atoms with Gasteiger partial charge in [-0.1, -0.05) is 0 Å². The number of ether oxygens (including phenoxy) is 1. The maximum Gasteiger partial charge on any atom is 0.410 e. The molecule has 2 heterocycles. The molecule has 0 saturated carbocycles. The van der Waals surface area contributed by atoms with Crippen molar-refractivity contribution in [3.63, 3.8) is 0 Å². The number of carbonyl (C=O) groups is 1. The molecule has 0 spiro atoms. The van der Waals surface area contributed by atoms with Crippen LogP contribution in [0.5, 0.6) is 0 Å². The van der Waals surface area contributed by atoms with Crippen molar-refractivity contribution >= 4 is 27.7 Å². The fourth-order valence-electron chi connectivity index (χ4n) is 3.58. The zero-order chi connectivity index (χ0) is 24.2. The van der Waals surface area contributed by atoms with Crippen molar-refractivity contribution < 1.29 is 31.6 Å². The molecule has 0 unspecified atom stereocenters. The highest BCUT2D eigenvalue weighted by atomic mass is 32.2. The van der Waals surface area contributed by atoms with Crippen LogP contribution < -0.4 is 20.2 Å². The van der Waals surface area contributed by atoms with Gasteiger partial charge in [0.05, 0.1) is 23.6 Å². The van der Waals surface area contributed by atoms with Gasteiger partial charge in [-0.15, -0.1) is 0 Å². The zero-order valence-corrected chi connectivity index (χ0v) is 19.3. The third-order valence-corrected chi connectivity index (χ3v) is 5.74. The van der Waals surface area contributed by atoms with Crippen molar-refractivity contribution in [1.82, 2.24) is 10.4 Å². The van der Waals surface area contributed by atoms with Gasteiger partial charge in [0, 0.05) is 50.4 Å². The van der Waals surface area contributed by atoms with Crippen molar-refractivity contribution in [3.05, 3.63) is 35.5 Å². The van der Waals surface area contributed by atoms with Crippen LogP contribution in [0.25, 0.3) is 0 Å². The number of hydroxylamine groups is 1. The van der Waals surface area contributed by atoms with Crippen LogP contribution in [0.4, 0.5) is 25.0 Å². The number of hydrogen-bond acceptors (Lipinski definition) is 7. The summed E-state index contributed by atoms with van der Waals surface area (Å²) in [5.74, 6) is -1.70. The molecule has 0 aromatic heterocycles. The van der Waals surface area contributed by atoms with Gasteiger partial charge in [0.1, 0.15) is 11.6 Å². The molecular formula is C20H29F2N5O5S. The van der Waals surface area contributed by atoms with Gasteiger partial charge >= 0.3 is 6.09 Å². The van der Waals surface area contributed by atoms with Crippen molar-refractivity contribution in [3.8, 4) is 0 Å². The predicted molar refractivity (Wildman–Crippen MR) is 118 cm³/mol. The molecule has 1 aromatic rings. The first kappa shape index (κ1) is 25.0. The Morgan fingerprint density at radius 1 is 1.18 bits per heavy atom. The molecule has 10 nitrogen and oxygen atoms in total. The topological polar surface area (TPSA) is 126 Å². The lowest BCUT2D eigenvalue weighted by Gasteiger charge is -2.33. The molecule has 0 bridgehead atoms. The first-order valence-corrected chi connectivity index (χ1v) is 12.2. The predicted octanol–water partition coefficient (Wildman–Crippen LogP) is 2.20. The number of likely N-dealkylation sites (tertiary alicyclic amines) is 1. The molecule has 1 amide bonds. The zero-order valence-electron chi connectivity index (χ0n) is 18.5. The maximum atomic E-state index is 14.5. The first-order chi connectivity index (χ1) is 15.5. The van der Waals surface area contributed by atoms with Crippen LogP contribution in [0.2, 0.25) is 0 Å². The average molecular weight is 490 g/mol. The summed E-state index contributed by atoms with van der Waals surface area (Å²) < 4.78 is 57.7. The fraction of sp³-hybridized carbons (Fsp3) is 0.550. The van der Waals surface area contributed by atoms with E-state index >= 15 is 0 Å². The van der Waals surface area contributed by atoms with E-state index in [1.165, 1.54) is 0 Å². The van der Waals surface area contributed by atoms with Crippen molar-refractivity contribution in [2.24, 2.45) is 5.14 Å². The van der Waals surface area contributed by atoms with Crippen LogP contribution in [0.15, 0.2) is 23.9 Å². The summed E-state index contributed by atoms with van der Waals surface area (Å²) in [5, 5.41) is 4.81. The number of nitrogens with two attached hydrogens (primary N) is 1. The van der Waals surface area contributed by atoms with Crippen molar-refractivity contribution in [2.45, 2.75) is 45.3 Å². The molecule has 13 heteroatoms. The Kier molecular flexibility index (Phi) is 7.97. The Hall–Kier alpha value is -2.64. The fourth-order valence-corrected chi connectivity index (χ4v) is 4.05. The van der Waals surface area contributed by atoms with Crippen LogP contribution >= 0.6 is 0 Å². The molecule has 2 aliphatic rings. The lowest BCUT2D eigenvalue weighted by Crippen LogP contribution is -2.43. The summed E-state index contributed by atoms with van der Waals surface area (Å²) in [6.45, 7) is 5.42. The summed E-state index contributed by atoms with van der Waals surface area (Å²) >= 11 is 0. The van der Waals surface area contributed by atoms with Gasteiger partial charge in [-0.05, 0) is 32.8 Å². The number of benzene rings is 1. The van der Waals surface area contributed by atoms with Crippen molar-refractivity contribution in [2.75, 3.05) is 35.8 Å². The standard InChI is InChI=1S/C20H29F2N5O5S/c1-13(2)31-20(28)27-9-5-15(6-10-27)32-24-14-3-7-26(8-4-14)19-12-16(21)18(11-17(19)22)25-33(23,29)30/h3,11-13,15,24-25H,4-10H2,1-2H3,(H2,23,29,30). The second-order valence-corrected chi connectivity index (χ2v) is 9.49. The number of nitrogens with zero attached hydrogens (tertiary/aromatic N) is 2. The van der Waals surface area contributed by atoms with E-state index in [0.717, 1.165) is 17.8 Å². The van der Waals surface area contributed by atoms with E-state index in [9.17, 15) is 22.0 Å². The molecule has 33 heavy (non-hydrogen) atoms. The summed E-state index contributed by atoms with van der Waals surface area (Å²) in [5.41, 5.74) is 3.23. The van der Waals surface area contributed by atoms with Gasteiger partial charge in [-0.3, -0.25) is 15.0 Å². The quantitative estimate of drug-likeness (QED) is 0.501. The van der Waals surface area contributed by atoms with Gasteiger partial charge in [-0.25, -0.2) is 18.7 Å². The normalized spacial score (nSPS) is 17.7. The Morgan fingerprint density at radius 2 is 1.88 bits per heavy atom. The van der Waals surface area contributed by atoms with E-state index in [4.69, 9.17) is 14.7 Å². The minimum absolute atomic E-state index is 0.0179. The number of halogens is 2. The Balaban J connectivity index is 1.49. The third-order valence-electron chi connectivity index (χ3n) is 5.23. The maximum absolute atomic E-state index is 14.5. The molecule has 0 aliphatic carbocycles. The second-order valence-electron chi connectivity index (χ2n) is 8.19. The summed E-state index contributed by atoms with van der Waals surface area (Å²) in [7, 11) is -4.22. The first-order valence-electron chi connectivity index (χ1n) is 10.6. The molecule has 1 fully saturated rings. The number of piperidine rings is 1. The second kappa shape index (κ2) is 10.5. The minimum atomic E-state index is -4.22. The molecule has 1 aromatic carbocycles. The highest BCUT2D eigenvalue weighted by Gasteiger charge is 2.26. The van der Waals surface area contributed by atoms with Gasteiger partial charge in [-0.2, -0.15) is 8.42 Å². The van der Waals surface area contributed by atoms with E-state index < -0.39 is 27.5 Å². The Labute approximate surface area is 191 Å². The minimum Gasteiger partial charge on any atom is -0.447 e. The number of rotatable bonds is 7. The SMILES string of the molecule is CC(C)OC(=O)N1CCC(ONC2=CCN(c3cc(F)c(NS(N)(=O)=O)cc3F)CC2)CC1. The molecule has 3 rings (SSSR count). The number of anilines is 2. The Morgan fingerprint density at radius 3 is 2.45 bits per heavy atom. The molecular weight excluding hydrogens is 460 g/mol. The molecule has 2 aliphatic heterocycles. The Bertz CT molecular complexity index is 997. The molecule has 0 radical (unpaired) electrons. The summed E-state index contributed by atoms with van der Waals surface area (Å²) in [4.78, 5) is 21.0. The van der Waals surface area contributed by atoms with Gasteiger partial charge in [0.2, 0.25) is 0 Å². The third kappa shape index (κ3) is 7.17. The van der Waals surface area contributed by atoms with Gasteiger partial charge in [0.15, 0.2) is 0 Å². The van der Waals surface area contributed by atoms with Crippen LogP contribution in [0, 0.1) is 11.6 Å². The average Bonchev–Trinajstić information content (AvgIpc) is 2.74. The monoisotopic (exact) mass is 489 g/mol. The molecule has 1 saturated heterocycles. The van der Waals surface area contributed by atoms with Crippen LogP contribution in [0.3, 0.4) is 0 Å². The van der Waals surface area contributed by atoms with E-state index in [0.29, 0.717) is 45.4 Å². The molecule has 184 valence electrons. The van der Waals surface area contributed by atoms with Crippen LogP contribution in [-0.4, -0.2) is 57.8 Å². The van der Waals surface area contributed by atoms with E-state index in [1.54, 1.807) is 14.5 Å². The highest BCUT2D eigenvalue weighted by Crippen LogP contribution is 2.28. The van der Waals surface area contributed by atoms with E-state index in [-0.39, 0.29) is 24.0 Å². The van der Waals surface area contributed by atoms with Crippen molar-refractivity contribution in [1.29, 1.82) is 0 Å². The van der Waals surface area contributed by atoms with E-state index in [2.05, 4.69) is 5.48 Å². The number of amides is 1. The van der Waals surface area contributed by atoms with Crippen LogP contribution in [0.1, 0.15) is 33.1 Å². The van der Waals surface area contributed by atoms with E-state index in [1.807, 2.05) is 19.9 Å². The van der Waals surface area contributed by atoms with Crippen LogP contribution in [-0.2, 0) is 19.8 Å². The molecule has 0 atom stereocenters. The largest absolute Gasteiger partial charge is 0.447 e. The number of hydrogen-bond donors (Lipinski definition) is 3. The number of carbonyl (C=O) groups excluding carboxylic acids is 1. The lowest BCUT2D eigenvalue weighted by molar-refractivity contribution is -0.0415. The lowest BCUT2D eigenvalue weighted by atomic mass is 10.1. The van der Waals surface area contributed by atoms with Gasteiger partial charge < -0.3 is 14.5 Å². The van der Waals surface area contributed by atoms with Gasteiger partial charge in [0.25, 0.3) is 10.2 Å².